The second kappa shape index (κ2) is 10.0. The molecule has 1 aliphatic rings. The fourth-order valence-electron chi connectivity index (χ4n) is 3.82. The molecule has 2 amide bonds. The van der Waals surface area contributed by atoms with Gasteiger partial charge in [-0.15, -0.1) is 0 Å². The monoisotopic (exact) mass is 429 g/mol. The van der Waals surface area contributed by atoms with Gasteiger partial charge in [-0.2, -0.15) is 0 Å². The molecule has 1 heterocycles. The van der Waals surface area contributed by atoms with Gasteiger partial charge in [-0.3, -0.25) is 9.59 Å². The molecular weight excluding hydrogens is 402 g/mol. The van der Waals surface area contributed by atoms with Crippen molar-refractivity contribution < 1.29 is 14.3 Å². The third kappa shape index (κ3) is 4.91. The number of hydrogen-bond acceptors (Lipinski definition) is 4. The zero-order chi connectivity index (χ0) is 22.3. The minimum atomic E-state index is -0.262. The first kappa shape index (κ1) is 21.4. The van der Waals surface area contributed by atoms with Crippen molar-refractivity contribution in [2.24, 2.45) is 0 Å². The molecule has 1 fully saturated rings. The summed E-state index contributed by atoms with van der Waals surface area (Å²) in [5, 5.41) is 2.90. The van der Waals surface area contributed by atoms with E-state index in [4.69, 9.17) is 4.74 Å². The topological polar surface area (TPSA) is 61.9 Å². The van der Waals surface area contributed by atoms with Crippen LogP contribution in [0.3, 0.4) is 0 Å². The Labute approximate surface area is 188 Å². The molecule has 1 aliphatic heterocycles. The average Bonchev–Trinajstić information content (AvgIpc) is 2.85. The molecule has 0 spiro atoms. The minimum Gasteiger partial charge on any atom is -0.494 e. The lowest BCUT2D eigenvalue weighted by Crippen LogP contribution is -2.48. The molecule has 0 aliphatic carbocycles. The quantitative estimate of drug-likeness (QED) is 0.635. The van der Waals surface area contributed by atoms with E-state index in [9.17, 15) is 9.59 Å². The fraction of sp³-hybridized carbons (Fsp3) is 0.231. The number of rotatable bonds is 6. The molecule has 6 heteroatoms. The van der Waals surface area contributed by atoms with E-state index in [1.807, 2.05) is 42.2 Å². The molecule has 1 saturated heterocycles. The van der Waals surface area contributed by atoms with Crippen LogP contribution in [0.15, 0.2) is 78.9 Å². The van der Waals surface area contributed by atoms with Gasteiger partial charge >= 0.3 is 0 Å². The van der Waals surface area contributed by atoms with Crippen molar-refractivity contribution in [2.45, 2.75) is 6.92 Å². The standard InChI is InChI=1S/C26H27N3O3/c1-2-32-22-14-12-20(13-15-22)25(30)27-24-11-7-6-10-23(24)26(31)29-18-16-28(17-19-29)21-8-4-3-5-9-21/h3-15H,2,16-19H2,1H3,(H,27,30). The maximum atomic E-state index is 13.2. The van der Waals surface area contributed by atoms with Gasteiger partial charge in [-0.05, 0) is 55.5 Å². The van der Waals surface area contributed by atoms with Crippen molar-refractivity contribution in [1.29, 1.82) is 0 Å². The Hall–Kier alpha value is -3.80. The lowest BCUT2D eigenvalue weighted by Gasteiger charge is -2.36. The van der Waals surface area contributed by atoms with Gasteiger partial charge in [-0.1, -0.05) is 30.3 Å². The molecule has 3 aromatic carbocycles. The summed E-state index contributed by atoms with van der Waals surface area (Å²) in [5.41, 5.74) is 2.69. The van der Waals surface area contributed by atoms with Gasteiger partial charge in [0.1, 0.15) is 5.75 Å². The number of para-hydroxylation sites is 2. The number of ether oxygens (including phenoxy) is 1. The number of anilines is 2. The molecular formula is C26H27N3O3. The number of piperazine rings is 1. The van der Waals surface area contributed by atoms with E-state index in [1.165, 1.54) is 5.69 Å². The molecule has 0 unspecified atom stereocenters. The van der Waals surface area contributed by atoms with Crippen LogP contribution in [0.4, 0.5) is 11.4 Å². The van der Waals surface area contributed by atoms with Gasteiger partial charge < -0.3 is 19.9 Å². The van der Waals surface area contributed by atoms with Crippen molar-refractivity contribution >= 4 is 23.2 Å². The average molecular weight is 430 g/mol. The van der Waals surface area contributed by atoms with E-state index in [0.29, 0.717) is 42.3 Å². The first-order valence-corrected chi connectivity index (χ1v) is 10.9. The predicted octanol–water partition coefficient (Wildman–Crippen LogP) is 4.30. The molecule has 0 atom stereocenters. The van der Waals surface area contributed by atoms with Crippen molar-refractivity contribution in [3.05, 3.63) is 90.0 Å². The fourth-order valence-corrected chi connectivity index (χ4v) is 3.82. The predicted molar refractivity (Wildman–Crippen MR) is 127 cm³/mol. The summed E-state index contributed by atoms with van der Waals surface area (Å²) in [6.45, 7) is 5.30. The zero-order valence-corrected chi connectivity index (χ0v) is 18.2. The highest BCUT2D eigenvalue weighted by Gasteiger charge is 2.24. The van der Waals surface area contributed by atoms with Gasteiger partial charge in [0, 0.05) is 37.4 Å². The van der Waals surface area contributed by atoms with Crippen molar-refractivity contribution in [1.82, 2.24) is 4.90 Å². The molecule has 0 bridgehead atoms. The van der Waals surface area contributed by atoms with E-state index in [0.717, 1.165) is 13.1 Å². The van der Waals surface area contributed by atoms with Crippen molar-refractivity contribution in [3.63, 3.8) is 0 Å². The number of nitrogens with one attached hydrogen (secondary N) is 1. The summed E-state index contributed by atoms with van der Waals surface area (Å²) in [6, 6.07) is 24.3. The van der Waals surface area contributed by atoms with Gasteiger partial charge in [-0.25, -0.2) is 0 Å². The molecule has 164 valence electrons. The van der Waals surface area contributed by atoms with Crippen LogP contribution in [0.5, 0.6) is 5.75 Å². The van der Waals surface area contributed by atoms with Crippen LogP contribution < -0.4 is 15.0 Å². The molecule has 1 N–H and O–H groups in total. The van der Waals surface area contributed by atoms with Gasteiger partial charge in [0.15, 0.2) is 0 Å². The Morgan fingerprint density at radius 3 is 2.19 bits per heavy atom. The molecule has 0 aromatic heterocycles. The summed E-state index contributed by atoms with van der Waals surface area (Å²) in [7, 11) is 0. The van der Waals surface area contributed by atoms with Crippen LogP contribution in [0.2, 0.25) is 0 Å². The number of hydrogen-bond donors (Lipinski definition) is 1. The molecule has 4 rings (SSSR count). The number of carbonyl (C=O) groups excluding carboxylic acids is 2. The largest absolute Gasteiger partial charge is 0.494 e. The van der Waals surface area contributed by atoms with Crippen LogP contribution in [0.25, 0.3) is 0 Å². The summed E-state index contributed by atoms with van der Waals surface area (Å²) >= 11 is 0. The normalized spacial score (nSPS) is 13.5. The van der Waals surface area contributed by atoms with Crippen LogP contribution in [0, 0.1) is 0 Å². The summed E-state index contributed by atoms with van der Waals surface area (Å²) in [4.78, 5) is 30.1. The third-order valence-electron chi connectivity index (χ3n) is 5.52. The molecule has 32 heavy (non-hydrogen) atoms. The Bertz CT molecular complexity index is 1060. The van der Waals surface area contributed by atoms with E-state index in [2.05, 4.69) is 22.3 Å². The summed E-state index contributed by atoms with van der Waals surface area (Å²) in [6.07, 6.45) is 0. The van der Waals surface area contributed by atoms with Crippen LogP contribution >= 0.6 is 0 Å². The van der Waals surface area contributed by atoms with Crippen LogP contribution in [-0.4, -0.2) is 49.5 Å². The summed E-state index contributed by atoms with van der Waals surface area (Å²) < 4.78 is 5.43. The number of amides is 2. The molecule has 0 radical (unpaired) electrons. The minimum absolute atomic E-state index is 0.0692. The van der Waals surface area contributed by atoms with Crippen LogP contribution in [-0.2, 0) is 0 Å². The first-order chi connectivity index (χ1) is 15.7. The number of nitrogens with zero attached hydrogens (tertiary/aromatic N) is 2. The Morgan fingerprint density at radius 1 is 0.844 bits per heavy atom. The van der Waals surface area contributed by atoms with Crippen LogP contribution in [0.1, 0.15) is 27.6 Å². The number of benzene rings is 3. The SMILES string of the molecule is CCOc1ccc(C(=O)Nc2ccccc2C(=O)N2CCN(c3ccccc3)CC2)cc1. The Kier molecular flexibility index (Phi) is 6.70. The first-order valence-electron chi connectivity index (χ1n) is 10.9. The van der Waals surface area contributed by atoms with Gasteiger partial charge in [0.2, 0.25) is 0 Å². The number of carbonyl (C=O) groups is 2. The highest BCUT2D eigenvalue weighted by atomic mass is 16.5. The second-order valence-corrected chi connectivity index (χ2v) is 7.57. The highest BCUT2D eigenvalue weighted by molar-refractivity contribution is 6.09. The second-order valence-electron chi connectivity index (χ2n) is 7.57. The maximum Gasteiger partial charge on any atom is 0.256 e. The van der Waals surface area contributed by atoms with E-state index in [-0.39, 0.29) is 11.8 Å². The van der Waals surface area contributed by atoms with Gasteiger partial charge in [0.05, 0.1) is 17.9 Å². The van der Waals surface area contributed by atoms with E-state index < -0.39 is 0 Å². The smallest absolute Gasteiger partial charge is 0.256 e. The lowest BCUT2D eigenvalue weighted by atomic mass is 10.1. The Balaban J connectivity index is 1.42. The van der Waals surface area contributed by atoms with Crippen molar-refractivity contribution in [3.8, 4) is 5.75 Å². The Morgan fingerprint density at radius 2 is 1.50 bits per heavy atom. The lowest BCUT2D eigenvalue weighted by molar-refractivity contribution is 0.0748. The molecule has 3 aromatic rings. The van der Waals surface area contributed by atoms with E-state index in [1.54, 1.807) is 36.4 Å². The maximum absolute atomic E-state index is 13.2. The molecule has 0 saturated carbocycles. The summed E-state index contributed by atoms with van der Waals surface area (Å²) in [5.74, 6) is 0.386. The highest BCUT2D eigenvalue weighted by Crippen LogP contribution is 2.22. The third-order valence-corrected chi connectivity index (χ3v) is 5.52. The van der Waals surface area contributed by atoms with Gasteiger partial charge in [0.25, 0.3) is 11.8 Å². The molecule has 6 nitrogen and oxygen atoms in total. The zero-order valence-electron chi connectivity index (χ0n) is 18.2. The van der Waals surface area contributed by atoms with E-state index >= 15 is 0 Å². The van der Waals surface area contributed by atoms with Crippen molar-refractivity contribution in [2.75, 3.05) is 43.0 Å².